The van der Waals surface area contributed by atoms with E-state index in [-0.39, 0.29) is 5.91 Å². The second kappa shape index (κ2) is 5.88. The number of amides is 1. The first-order valence-electron chi connectivity index (χ1n) is 7.07. The van der Waals surface area contributed by atoms with Crippen LogP contribution in [-0.2, 0) is 4.79 Å². The molecule has 2 aliphatic heterocycles. The van der Waals surface area contributed by atoms with Crippen LogP contribution in [0.15, 0.2) is 23.6 Å². The van der Waals surface area contributed by atoms with Crippen LogP contribution in [0, 0.1) is 5.92 Å². The highest BCUT2D eigenvalue weighted by molar-refractivity contribution is 7.10. The molecule has 1 N–H and O–H groups in total. The van der Waals surface area contributed by atoms with Gasteiger partial charge in [0.1, 0.15) is 0 Å². The van der Waals surface area contributed by atoms with Crippen LogP contribution in [0.25, 0.3) is 6.08 Å². The molecule has 0 aliphatic carbocycles. The molecule has 2 fully saturated rings. The van der Waals surface area contributed by atoms with E-state index < -0.39 is 0 Å². The molecule has 0 unspecified atom stereocenters. The Kier molecular flexibility index (Phi) is 3.99. The number of thiophene rings is 1. The second-order valence-electron chi connectivity index (χ2n) is 5.38. The molecule has 3 nitrogen and oxygen atoms in total. The standard InChI is InChI=1S/C15H20N2OS/c18-15(6-5-13-4-2-10-19-13)17-9-7-14-12(11-17)3-1-8-16-14/h2,4-6,10,12,14,16H,1,3,7-9,11H2/b6-5+/t12-,14-/m0/s1. The third-order valence-corrected chi connectivity index (χ3v) is 4.97. The van der Waals surface area contributed by atoms with Gasteiger partial charge >= 0.3 is 0 Å². The lowest BCUT2D eigenvalue weighted by Crippen LogP contribution is -2.53. The van der Waals surface area contributed by atoms with Gasteiger partial charge in [-0.2, -0.15) is 0 Å². The summed E-state index contributed by atoms with van der Waals surface area (Å²) in [4.78, 5) is 15.3. The van der Waals surface area contributed by atoms with E-state index in [4.69, 9.17) is 0 Å². The molecule has 19 heavy (non-hydrogen) atoms. The lowest BCUT2D eigenvalue weighted by atomic mass is 9.85. The lowest BCUT2D eigenvalue weighted by molar-refractivity contribution is -0.128. The average molecular weight is 276 g/mol. The van der Waals surface area contributed by atoms with Crippen LogP contribution in [0.5, 0.6) is 0 Å². The van der Waals surface area contributed by atoms with E-state index in [2.05, 4.69) is 5.32 Å². The summed E-state index contributed by atoms with van der Waals surface area (Å²) in [7, 11) is 0. The van der Waals surface area contributed by atoms with Gasteiger partial charge in [0.25, 0.3) is 0 Å². The number of nitrogens with zero attached hydrogens (tertiary/aromatic N) is 1. The molecule has 0 aromatic carbocycles. The van der Waals surface area contributed by atoms with E-state index in [9.17, 15) is 4.79 Å². The van der Waals surface area contributed by atoms with Crippen LogP contribution in [0.2, 0.25) is 0 Å². The second-order valence-corrected chi connectivity index (χ2v) is 6.36. The number of carbonyl (C=O) groups is 1. The maximum Gasteiger partial charge on any atom is 0.246 e. The molecular weight excluding hydrogens is 256 g/mol. The Morgan fingerprint density at radius 2 is 2.42 bits per heavy atom. The first-order valence-corrected chi connectivity index (χ1v) is 7.95. The molecular formula is C15H20N2OS. The Hall–Kier alpha value is -1.13. The monoisotopic (exact) mass is 276 g/mol. The van der Waals surface area contributed by atoms with Gasteiger partial charge < -0.3 is 10.2 Å². The summed E-state index contributed by atoms with van der Waals surface area (Å²) < 4.78 is 0. The fraction of sp³-hybridized carbons (Fsp3) is 0.533. The molecule has 0 spiro atoms. The highest BCUT2D eigenvalue weighted by atomic mass is 32.1. The molecule has 1 amide bonds. The van der Waals surface area contributed by atoms with Gasteiger partial charge in [-0.15, -0.1) is 11.3 Å². The van der Waals surface area contributed by atoms with Crippen molar-refractivity contribution in [1.29, 1.82) is 0 Å². The third-order valence-electron chi connectivity index (χ3n) is 4.14. The van der Waals surface area contributed by atoms with Gasteiger partial charge in [0.05, 0.1) is 0 Å². The quantitative estimate of drug-likeness (QED) is 0.841. The Labute approximate surface area is 118 Å². The smallest absolute Gasteiger partial charge is 0.246 e. The summed E-state index contributed by atoms with van der Waals surface area (Å²) in [6.45, 7) is 2.96. The topological polar surface area (TPSA) is 32.3 Å². The van der Waals surface area contributed by atoms with Crippen molar-refractivity contribution < 1.29 is 4.79 Å². The van der Waals surface area contributed by atoms with Gasteiger partial charge in [-0.1, -0.05) is 6.07 Å². The summed E-state index contributed by atoms with van der Waals surface area (Å²) in [5.74, 6) is 0.819. The maximum absolute atomic E-state index is 12.2. The molecule has 4 heteroatoms. The van der Waals surface area contributed by atoms with Crippen LogP contribution < -0.4 is 5.32 Å². The maximum atomic E-state index is 12.2. The van der Waals surface area contributed by atoms with Crippen molar-refractivity contribution in [1.82, 2.24) is 10.2 Å². The summed E-state index contributed by atoms with van der Waals surface area (Å²) in [6, 6.07) is 4.68. The fourth-order valence-corrected chi connectivity index (χ4v) is 3.71. The van der Waals surface area contributed by atoms with Crippen molar-refractivity contribution in [3.8, 4) is 0 Å². The summed E-state index contributed by atoms with van der Waals surface area (Å²) in [6.07, 6.45) is 7.26. The van der Waals surface area contributed by atoms with Crippen molar-refractivity contribution in [3.05, 3.63) is 28.5 Å². The molecule has 0 saturated carbocycles. The zero-order valence-corrected chi connectivity index (χ0v) is 11.9. The Morgan fingerprint density at radius 3 is 3.26 bits per heavy atom. The zero-order chi connectivity index (χ0) is 13.1. The molecule has 1 aromatic rings. The van der Waals surface area contributed by atoms with E-state index in [1.165, 1.54) is 12.8 Å². The number of fused-ring (bicyclic) bond motifs is 1. The molecule has 3 heterocycles. The van der Waals surface area contributed by atoms with Crippen molar-refractivity contribution in [2.24, 2.45) is 5.92 Å². The number of carbonyl (C=O) groups excluding carboxylic acids is 1. The number of piperidine rings is 2. The first-order chi connectivity index (χ1) is 9.33. The van der Waals surface area contributed by atoms with Gasteiger partial charge in [-0.05, 0) is 49.2 Å². The number of hydrogen-bond donors (Lipinski definition) is 1. The minimum atomic E-state index is 0.164. The number of hydrogen-bond acceptors (Lipinski definition) is 3. The van der Waals surface area contributed by atoms with Crippen LogP contribution in [0.4, 0.5) is 0 Å². The predicted octanol–water partition coefficient (Wildman–Crippen LogP) is 2.36. The SMILES string of the molecule is O=C(/C=C/c1cccs1)N1CC[C@@H]2NCCC[C@H]2C1. The predicted molar refractivity (Wildman–Crippen MR) is 79.1 cm³/mol. The Morgan fingerprint density at radius 1 is 1.47 bits per heavy atom. The largest absolute Gasteiger partial charge is 0.339 e. The van der Waals surface area contributed by atoms with E-state index in [0.29, 0.717) is 12.0 Å². The molecule has 2 aliphatic rings. The number of nitrogens with one attached hydrogen (secondary N) is 1. The van der Waals surface area contributed by atoms with Crippen LogP contribution in [0.3, 0.4) is 0 Å². The van der Waals surface area contributed by atoms with E-state index in [0.717, 1.165) is 30.9 Å². The highest BCUT2D eigenvalue weighted by Gasteiger charge is 2.32. The molecule has 3 rings (SSSR count). The van der Waals surface area contributed by atoms with Crippen molar-refractivity contribution >= 4 is 23.3 Å². The van der Waals surface area contributed by atoms with Crippen LogP contribution in [0.1, 0.15) is 24.1 Å². The van der Waals surface area contributed by atoms with Crippen molar-refractivity contribution in [2.45, 2.75) is 25.3 Å². The van der Waals surface area contributed by atoms with E-state index >= 15 is 0 Å². The minimum Gasteiger partial charge on any atom is -0.339 e. The first kappa shape index (κ1) is 12.9. The van der Waals surface area contributed by atoms with Gasteiger partial charge in [0.2, 0.25) is 5.91 Å². The van der Waals surface area contributed by atoms with Crippen LogP contribution >= 0.6 is 11.3 Å². The van der Waals surface area contributed by atoms with Crippen molar-refractivity contribution in [2.75, 3.05) is 19.6 Å². The Bertz CT molecular complexity index is 455. The molecule has 0 bridgehead atoms. The summed E-state index contributed by atoms with van der Waals surface area (Å²) in [5.41, 5.74) is 0. The average Bonchev–Trinajstić information content (AvgIpc) is 2.97. The fourth-order valence-electron chi connectivity index (χ4n) is 3.09. The van der Waals surface area contributed by atoms with Gasteiger partial charge in [-0.25, -0.2) is 0 Å². The molecule has 2 saturated heterocycles. The van der Waals surface area contributed by atoms with E-state index in [1.807, 2.05) is 28.5 Å². The minimum absolute atomic E-state index is 0.164. The summed E-state index contributed by atoms with van der Waals surface area (Å²) in [5, 5.41) is 5.61. The van der Waals surface area contributed by atoms with Gasteiger partial charge in [0, 0.05) is 30.1 Å². The molecule has 0 radical (unpaired) electrons. The normalized spacial score (nSPS) is 27.5. The highest BCUT2D eigenvalue weighted by Crippen LogP contribution is 2.25. The van der Waals surface area contributed by atoms with Gasteiger partial charge in [0.15, 0.2) is 0 Å². The molecule has 2 atom stereocenters. The van der Waals surface area contributed by atoms with Crippen LogP contribution in [-0.4, -0.2) is 36.5 Å². The summed E-state index contributed by atoms with van der Waals surface area (Å²) >= 11 is 1.66. The number of likely N-dealkylation sites (tertiary alicyclic amines) is 1. The zero-order valence-electron chi connectivity index (χ0n) is 11.0. The van der Waals surface area contributed by atoms with E-state index in [1.54, 1.807) is 17.4 Å². The molecule has 1 aromatic heterocycles. The third kappa shape index (κ3) is 3.07. The lowest BCUT2D eigenvalue weighted by Gasteiger charge is -2.41. The Balaban J connectivity index is 1.58. The molecule has 102 valence electrons. The van der Waals surface area contributed by atoms with Gasteiger partial charge in [-0.3, -0.25) is 4.79 Å². The number of rotatable bonds is 2. The van der Waals surface area contributed by atoms with Crippen molar-refractivity contribution in [3.63, 3.8) is 0 Å².